The summed E-state index contributed by atoms with van der Waals surface area (Å²) in [6, 6.07) is 8.93. The highest BCUT2D eigenvalue weighted by molar-refractivity contribution is 6.31. The first kappa shape index (κ1) is 19.4. The molecule has 0 aliphatic rings. The van der Waals surface area contributed by atoms with Crippen LogP contribution in [0.15, 0.2) is 36.4 Å². The van der Waals surface area contributed by atoms with Gasteiger partial charge in [-0.05, 0) is 50.6 Å². The van der Waals surface area contributed by atoms with Gasteiger partial charge in [0.05, 0.1) is 10.5 Å². The van der Waals surface area contributed by atoms with Gasteiger partial charge >= 0.3 is 5.97 Å². The molecule has 0 bridgehead atoms. The number of carbonyl (C=O) groups is 2. The number of hydrogen-bond donors (Lipinski definition) is 1. The van der Waals surface area contributed by atoms with Crippen molar-refractivity contribution in [2.45, 2.75) is 26.9 Å². The van der Waals surface area contributed by atoms with Crippen LogP contribution in [-0.4, -0.2) is 22.9 Å². The van der Waals surface area contributed by atoms with E-state index in [4.69, 9.17) is 16.3 Å². The summed E-state index contributed by atoms with van der Waals surface area (Å²) in [6.07, 6.45) is -1.06. The Hall–Kier alpha value is -2.93. The van der Waals surface area contributed by atoms with E-state index >= 15 is 0 Å². The fourth-order valence-electron chi connectivity index (χ4n) is 2.23. The monoisotopic (exact) mass is 376 g/mol. The van der Waals surface area contributed by atoms with Crippen LogP contribution in [0, 0.1) is 24.0 Å². The van der Waals surface area contributed by atoms with Crippen LogP contribution in [0.1, 0.15) is 28.4 Å². The molecule has 1 N–H and O–H groups in total. The van der Waals surface area contributed by atoms with E-state index in [1.165, 1.54) is 32.0 Å². The molecule has 0 saturated carbocycles. The molecule has 8 heteroatoms. The number of nitro benzene ring substituents is 1. The van der Waals surface area contributed by atoms with E-state index in [9.17, 15) is 19.7 Å². The fraction of sp³-hybridized carbons (Fsp3) is 0.222. The second-order valence-electron chi connectivity index (χ2n) is 5.75. The number of hydrogen-bond acceptors (Lipinski definition) is 5. The minimum absolute atomic E-state index is 0.0937. The maximum Gasteiger partial charge on any atom is 0.338 e. The van der Waals surface area contributed by atoms with E-state index in [0.29, 0.717) is 16.3 Å². The quantitative estimate of drug-likeness (QED) is 0.482. The van der Waals surface area contributed by atoms with Crippen LogP contribution in [0.4, 0.5) is 11.4 Å². The second-order valence-corrected chi connectivity index (χ2v) is 6.19. The predicted molar refractivity (Wildman–Crippen MR) is 97.5 cm³/mol. The van der Waals surface area contributed by atoms with Crippen molar-refractivity contribution in [3.8, 4) is 0 Å². The Morgan fingerprint density at radius 3 is 2.46 bits per heavy atom. The van der Waals surface area contributed by atoms with Crippen LogP contribution in [0.25, 0.3) is 0 Å². The van der Waals surface area contributed by atoms with Gasteiger partial charge < -0.3 is 10.1 Å². The molecule has 0 unspecified atom stereocenters. The Bertz CT molecular complexity index is 882. The number of nitrogens with zero attached hydrogens (tertiary/aromatic N) is 1. The zero-order chi connectivity index (χ0) is 19.4. The average molecular weight is 377 g/mol. The lowest BCUT2D eigenvalue weighted by Crippen LogP contribution is -2.30. The van der Waals surface area contributed by atoms with E-state index in [2.05, 4.69) is 5.32 Å². The predicted octanol–water partition coefficient (Wildman–Crippen LogP) is 4.05. The first-order chi connectivity index (χ1) is 12.2. The van der Waals surface area contributed by atoms with Crippen LogP contribution in [0.5, 0.6) is 0 Å². The van der Waals surface area contributed by atoms with Gasteiger partial charge in [0.2, 0.25) is 0 Å². The topological polar surface area (TPSA) is 98.5 Å². The number of ether oxygens (including phenoxy) is 1. The summed E-state index contributed by atoms with van der Waals surface area (Å²) in [7, 11) is 0. The fourth-order valence-corrected chi connectivity index (χ4v) is 2.40. The minimum atomic E-state index is -1.06. The molecule has 0 fully saturated rings. The summed E-state index contributed by atoms with van der Waals surface area (Å²) in [4.78, 5) is 34.7. The highest BCUT2D eigenvalue weighted by Gasteiger charge is 2.21. The van der Waals surface area contributed by atoms with E-state index in [0.717, 1.165) is 5.56 Å². The van der Waals surface area contributed by atoms with Crippen molar-refractivity contribution in [1.29, 1.82) is 0 Å². The lowest BCUT2D eigenvalue weighted by atomic mass is 10.1. The largest absolute Gasteiger partial charge is 0.449 e. The molecule has 136 valence electrons. The molecule has 2 rings (SSSR count). The van der Waals surface area contributed by atoms with Crippen molar-refractivity contribution in [2.75, 3.05) is 5.32 Å². The molecule has 7 nitrogen and oxygen atoms in total. The van der Waals surface area contributed by atoms with Gasteiger partial charge in [-0.3, -0.25) is 14.9 Å². The maximum absolute atomic E-state index is 12.2. The molecule has 1 amide bonds. The van der Waals surface area contributed by atoms with Gasteiger partial charge in [0.1, 0.15) is 0 Å². The number of nitro groups is 1. The Morgan fingerprint density at radius 1 is 1.15 bits per heavy atom. The molecular formula is C18H17ClN2O5. The zero-order valence-electron chi connectivity index (χ0n) is 14.4. The van der Waals surface area contributed by atoms with Gasteiger partial charge in [0, 0.05) is 22.3 Å². The molecule has 0 aliphatic carbocycles. The molecule has 0 spiro atoms. The number of nitrogens with one attached hydrogen (secondary N) is 1. The number of halogens is 1. The van der Waals surface area contributed by atoms with Gasteiger partial charge in [-0.1, -0.05) is 17.7 Å². The summed E-state index contributed by atoms with van der Waals surface area (Å²) < 4.78 is 5.14. The molecule has 0 heterocycles. The molecule has 1 atom stereocenters. The Balaban J connectivity index is 2.06. The van der Waals surface area contributed by atoms with E-state index in [1.54, 1.807) is 18.2 Å². The highest BCUT2D eigenvalue weighted by Crippen LogP contribution is 2.21. The third kappa shape index (κ3) is 4.58. The molecule has 0 aromatic heterocycles. The standard InChI is InChI=1S/C18H17ClN2O5/c1-10-4-6-14(19)9-15(10)20-17(22)12(3)26-18(23)13-5-7-16(21(24)25)11(2)8-13/h4-9,12H,1-3H3,(H,20,22)/t12-/m0/s1. The Kier molecular flexibility index (Phi) is 5.94. The first-order valence-corrected chi connectivity index (χ1v) is 8.10. The number of aryl methyl sites for hydroxylation is 2. The number of amides is 1. The zero-order valence-corrected chi connectivity index (χ0v) is 15.2. The Labute approximate surface area is 155 Å². The summed E-state index contributed by atoms with van der Waals surface area (Å²) >= 11 is 5.91. The normalized spacial score (nSPS) is 11.5. The molecule has 2 aromatic rings. The van der Waals surface area contributed by atoms with Crippen molar-refractivity contribution in [3.05, 3.63) is 68.2 Å². The van der Waals surface area contributed by atoms with Gasteiger partial charge in [-0.25, -0.2) is 4.79 Å². The van der Waals surface area contributed by atoms with Crippen LogP contribution in [0.2, 0.25) is 5.02 Å². The second kappa shape index (κ2) is 7.97. The van der Waals surface area contributed by atoms with Crippen molar-refractivity contribution in [3.63, 3.8) is 0 Å². The number of benzene rings is 2. The summed E-state index contributed by atoms with van der Waals surface area (Å²) in [5, 5.41) is 13.9. The minimum Gasteiger partial charge on any atom is -0.449 e. The third-order valence-corrected chi connectivity index (χ3v) is 3.97. The van der Waals surface area contributed by atoms with E-state index < -0.39 is 22.9 Å². The first-order valence-electron chi connectivity index (χ1n) is 7.72. The lowest BCUT2D eigenvalue weighted by Gasteiger charge is -2.15. The maximum atomic E-state index is 12.2. The van der Waals surface area contributed by atoms with Crippen LogP contribution >= 0.6 is 11.6 Å². The molecule has 2 aromatic carbocycles. The van der Waals surface area contributed by atoms with Crippen LogP contribution in [0.3, 0.4) is 0 Å². The van der Waals surface area contributed by atoms with Gasteiger partial charge in [-0.15, -0.1) is 0 Å². The summed E-state index contributed by atoms with van der Waals surface area (Å²) in [5.41, 5.74) is 1.70. The number of esters is 1. The summed E-state index contributed by atoms with van der Waals surface area (Å²) in [5.74, 6) is -1.25. The van der Waals surface area contributed by atoms with Crippen molar-refractivity contribution >= 4 is 34.9 Å². The third-order valence-electron chi connectivity index (χ3n) is 3.74. The molecule has 0 saturated heterocycles. The van der Waals surface area contributed by atoms with Crippen LogP contribution < -0.4 is 5.32 Å². The Morgan fingerprint density at radius 2 is 1.85 bits per heavy atom. The molecular weight excluding hydrogens is 360 g/mol. The van der Waals surface area contributed by atoms with Crippen LogP contribution in [-0.2, 0) is 9.53 Å². The lowest BCUT2D eigenvalue weighted by molar-refractivity contribution is -0.385. The smallest absolute Gasteiger partial charge is 0.338 e. The van der Waals surface area contributed by atoms with Gasteiger partial charge in [0.15, 0.2) is 6.10 Å². The van der Waals surface area contributed by atoms with Crippen molar-refractivity contribution < 1.29 is 19.2 Å². The number of anilines is 1. The van der Waals surface area contributed by atoms with Gasteiger partial charge in [0.25, 0.3) is 11.6 Å². The molecule has 0 aliphatic heterocycles. The van der Waals surface area contributed by atoms with E-state index in [1.807, 2.05) is 6.92 Å². The summed E-state index contributed by atoms with van der Waals surface area (Å²) in [6.45, 7) is 4.76. The highest BCUT2D eigenvalue weighted by atomic mass is 35.5. The number of carbonyl (C=O) groups excluding carboxylic acids is 2. The van der Waals surface area contributed by atoms with Crippen molar-refractivity contribution in [1.82, 2.24) is 0 Å². The van der Waals surface area contributed by atoms with Gasteiger partial charge in [-0.2, -0.15) is 0 Å². The molecule has 26 heavy (non-hydrogen) atoms. The van der Waals surface area contributed by atoms with E-state index in [-0.39, 0.29) is 11.3 Å². The average Bonchev–Trinajstić information content (AvgIpc) is 2.57. The number of rotatable bonds is 5. The van der Waals surface area contributed by atoms with Crippen molar-refractivity contribution in [2.24, 2.45) is 0 Å². The SMILES string of the molecule is Cc1ccc(Cl)cc1NC(=O)[C@H](C)OC(=O)c1ccc([N+](=O)[O-])c(C)c1. The molecule has 0 radical (unpaired) electrons.